The number of β-amino-alcohol motifs (C(OH)–C–C–N with tert-alkyl or cyclic N) is 2. The third-order valence-electron chi connectivity index (χ3n) is 3.09. The number of nitrogen functional groups attached to an aromatic ring is 1. The van der Waals surface area contributed by atoms with Crippen molar-refractivity contribution < 1.29 is 24.5 Å². The molecule has 1 aliphatic rings. The molecule has 2 rings (SSSR count). The van der Waals surface area contributed by atoms with Gasteiger partial charge in [0.25, 0.3) is 5.91 Å². The number of anilines is 2. The summed E-state index contributed by atoms with van der Waals surface area (Å²) in [6.45, 7) is 0.254. The van der Waals surface area contributed by atoms with E-state index in [1.165, 1.54) is 7.11 Å². The van der Waals surface area contributed by atoms with Crippen molar-refractivity contribution >= 4 is 33.9 Å². The number of aliphatic hydroxyl groups excluding tert-OH is 2. The van der Waals surface area contributed by atoms with Gasteiger partial charge in [-0.15, -0.1) is 11.3 Å². The first-order valence-electron chi connectivity index (χ1n) is 5.78. The van der Waals surface area contributed by atoms with E-state index in [2.05, 4.69) is 4.74 Å². The SMILES string of the molecule is COC(=O)c1sc(N2CC(O)C(O)C2)c(C(N)=O)c1N. The van der Waals surface area contributed by atoms with Gasteiger partial charge in [-0.3, -0.25) is 4.79 Å². The average molecular weight is 301 g/mol. The molecule has 2 atom stereocenters. The molecular formula is C11H15N3O5S. The van der Waals surface area contributed by atoms with E-state index in [0.717, 1.165) is 11.3 Å². The maximum absolute atomic E-state index is 11.6. The number of nitrogens with zero attached hydrogens (tertiary/aromatic N) is 1. The first kappa shape index (κ1) is 14.6. The molecule has 0 bridgehead atoms. The van der Waals surface area contributed by atoms with Crippen molar-refractivity contribution in [2.75, 3.05) is 30.8 Å². The smallest absolute Gasteiger partial charge is 0.350 e. The first-order chi connectivity index (χ1) is 9.36. The van der Waals surface area contributed by atoms with Crippen LogP contribution in [0, 0.1) is 0 Å². The number of hydrogen-bond acceptors (Lipinski definition) is 8. The minimum atomic E-state index is -0.930. The van der Waals surface area contributed by atoms with E-state index in [-0.39, 0.29) is 29.2 Å². The maximum atomic E-state index is 11.6. The van der Waals surface area contributed by atoms with Gasteiger partial charge in [-0.05, 0) is 0 Å². The molecule has 2 heterocycles. The Bertz CT molecular complexity index is 548. The summed E-state index contributed by atoms with van der Waals surface area (Å²) < 4.78 is 4.59. The van der Waals surface area contributed by atoms with Crippen LogP contribution in [0.4, 0.5) is 10.7 Å². The van der Waals surface area contributed by atoms with Crippen LogP contribution in [0.2, 0.25) is 0 Å². The number of nitrogens with two attached hydrogens (primary N) is 2. The Morgan fingerprint density at radius 2 is 1.90 bits per heavy atom. The molecule has 0 aliphatic carbocycles. The van der Waals surface area contributed by atoms with Gasteiger partial charge >= 0.3 is 5.97 Å². The summed E-state index contributed by atoms with van der Waals surface area (Å²) in [7, 11) is 1.20. The highest BCUT2D eigenvalue weighted by molar-refractivity contribution is 7.19. The van der Waals surface area contributed by atoms with E-state index in [0.29, 0.717) is 5.00 Å². The van der Waals surface area contributed by atoms with Crippen molar-refractivity contribution in [2.24, 2.45) is 5.73 Å². The molecule has 2 unspecified atom stereocenters. The summed E-state index contributed by atoms with van der Waals surface area (Å²) in [4.78, 5) is 24.8. The van der Waals surface area contributed by atoms with Crippen molar-refractivity contribution in [2.45, 2.75) is 12.2 Å². The molecule has 0 spiro atoms. The van der Waals surface area contributed by atoms with Gasteiger partial charge in [0.2, 0.25) is 0 Å². The molecule has 9 heteroatoms. The number of carbonyl (C=O) groups excluding carboxylic acids is 2. The fourth-order valence-electron chi connectivity index (χ4n) is 2.07. The van der Waals surface area contributed by atoms with E-state index in [1.807, 2.05) is 0 Å². The van der Waals surface area contributed by atoms with E-state index in [4.69, 9.17) is 11.5 Å². The van der Waals surface area contributed by atoms with Crippen molar-refractivity contribution in [3.8, 4) is 0 Å². The van der Waals surface area contributed by atoms with Crippen LogP contribution < -0.4 is 16.4 Å². The highest BCUT2D eigenvalue weighted by Crippen LogP contribution is 2.39. The second-order valence-electron chi connectivity index (χ2n) is 4.42. The second-order valence-corrected chi connectivity index (χ2v) is 5.42. The standard InChI is InChI=1S/C11H15N3O5S/c1-19-11(18)8-7(12)6(9(13)17)10(20-8)14-2-4(15)5(16)3-14/h4-5,15-16H,2-3,12H2,1H3,(H2,13,17). The van der Waals surface area contributed by atoms with E-state index in [9.17, 15) is 19.8 Å². The highest BCUT2D eigenvalue weighted by Gasteiger charge is 2.35. The minimum absolute atomic E-state index is 0.0108. The Hall–Kier alpha value is -1.84. The molecule has 1 aliphatic heterocycles. The number of methoxy groups -OCH3 is 1. The molecule has 1 aromatic heterocycles. The van der Waals surface area contributed by atoms with Crippen LogP contribution in [-0.2, 0) is 4.74 Å². The summed E-state index contributed by atoms with van der Waals surface area (Å²) in [5.41, 5.74) is 11.0. The molecule has 1 aromatic rings. The predicted molar refractivity (Wildman–Crippen MR) is 72.8 cm³/mol. The molecular weight excluding hydrogens is 286 g/mol. The molecule has 1 fully saturated rings. The molecule has 8 nitrogen and oxygen atoms in total. The molecule has 0 saturated carbocycles. The van der Waals surface area contributed by atoms with Gasteiger partial charge in [0.1, 0.15) is 9.88 Å². The predicted octanol–water partition coefficient (Wildman–Crippen LogP) is -1.24. The van der Waals surface area contributed by atoms with Crippen LogP contribution in [0.15, 0.2) is 0 Å². The van der Waals surface area contributed by atoms with Gasteiger partial charge < -0.3 is 31.3 Å². The van der Waals surface area contributed by atoms with Crippen molar-refractivity contribution in [1.29, 1.82) is 0 Å². The monoisotopic (exact) mass is 301 g/mol. The minimum Gasteiger partial charge on any atom is -0.465 e. The number of hydrogen-bond donors (Lipinski definition) is 4. The van der Waals surface area contributed by atoms with Crippen molar-refractivity contribution in [3.63, 3.8) is 0 Å². The summed E-state index contributed by atoms with van der Waals surface area (Å²) in [6, 6.07) is 0. The van der Waals surface area contributed by atoms with Crippen molar-refractivity contribution in [3.05, 3.63) is 10.4 Å². The maximum Gasteiger partial charge on any atom is 0.350 e. The topological polar surface area (TPSA) is 139 Å². The second kappa shape index (κ2) is 5.27. The van der Waals surface area contributed by atoms with E-state index < -0.39 is 24.1 Å². The number of amides is 1. The zero-order chi connectivity index (χ0) is 15.0. The van der Waals surface area contributed by atoms with Crippen LogP contribution in [0.5, 0.6) is 0 Å². The van der Waals surface area contributed by atoms with Crippen molar-refractivity contribution in [1.82, 2.24) is 0 Å². The number of esters is 1. The molecule has 0 aromatic carbocycles. The molecule has 1 saturated heterocycles. The van der Waals surface area contributed by atoms with Crippen LogP contribution in [0.1, 0.15) is 20.0 Å². The number of carbonyl (C=O) groups is 2. The first-order valence-corrected chi connectivity index (χ1v) is 6.60. The lowest BCUT2D eigenvalue weighted by Gasteiger charge is -2.16. The largest absolute Gasteiger partial charge is 0.465 e. The molecule has 1 amide bonds. The van der Waals surface area contributed by atoms with Crippen LogP contribution >= 0.6 is 11.3 Å². The summed E-state index contributed by atoms with van der Waals surface area (Å²) >= 11 is 0.952. The van der Waals surface area contributed by atoms with E-state index >= 15 is 0 Å². The van der Waals surface area contributed by atoms with Gasteiger partial charge in [0.15, 0.2) is 0 Å². The Labute approximate surface area is 118 Å². The molecule has 6 N–H and O–H groups in total. The Morgan fingerprint density at radius 3 is 2.35 bits per heavy atom. The zero-order valence-electron chi connectivity index (χ0n) is 10.7. The van der Waals surface area contributed by atoms with Crippen LogP contribution in [0.25, 0.3) is 0 Å². The highest BCUT2D eigenvalue weighted by atomic mass is 32.1. The average Bonchev–Trinajstić information content (AvgIpc) is 2.90. The normalized spacial score (nSPS) is 22.1. The van der Waals surface area contributed by atoms with Gasteiger partial charge in [-0.1, -0.05) is 0 Å². The number of primary amides is 1. The third kappa shape index (κ3) is 2.30. The fraction of sp³-hybridized carbons (Fsp3) is 0.455. The summed E-state index contributed by atoms with van der Waals surface area (Å²) in [6.07, 6.45) is -1.86. The van der Waals surface area contributed by atoms with Gasteiger partial charge in [-0.2, -0.15) is 0 Å². The molecule has 110 valence electrons. The Balaban J connectivity index is 2.47. The Morgan fingerprint density at radius 1 is 1.35 bits per heavy atom. The molecule has 0 radical (unpaired) electrons. The lowest BCUT2D eigenvalue weighted by atomic mass is 10.2. The molecule has 20 heavy (non-hydrogen) atoms. The number of ether oxygens (including phenoxy) is 1. The lowest BCUT2D eigenvalue weighted by molar-refractivity contribution is 0.0572. The van der Waals surface area contributed by atoms with Gasteiger partial charge in [0, 0.05) is 13.1 Å². The quantitative estimate of drug-likeness (QED) is 0.512. The summed E-state index contributed by atoms with van der Waals surface area (Å²) in [5.74, 6) is -1.44. The van der Waals surface area contributed by atoms with Gasteiger partial charge in [-0.25, -0.2) is 4.79 Å². The zero-order valence-corrected chi connectivity index (χ0v) is 11.5. The third-order valence-corrected chi connectivity index (χ3v) is 4.34. The van der Waals surface area contributed by atoms with Crippen LogP contribution in [-0.4, -0.2) is 54.5 Å². The lowest BCUT2D eigenvalue weighted by Crippen LogP contribution is -2.24. The Kier molecular flexibility index (Phi) is 3.84. The van der Waals surface area contributed by atoms with Gasteiger partial charge in [0.05, 0.1) is 30.6 Å². The number of aliphatic hydroxyl groups is 2. The number of rotatable bonds is 3. The fourth-order valence-corrected chi connectivity index (χ4v) is 3.23. The summed E-state index contributed by atoms with van der Waals surface area (Å²) in [5, 5.41) is 19.5. The number of thiophene rings is 1. The van der Waals surface area contributed by atoms with E-state index in [1.54, 1.807) is 4.90 Å². The van der Waals surface area contributed by atoms with Crippen LogP contribution in [0.3, 0.4) is 0 Å².